The van der Waals surface area contributed by atoms with Gasteiger partial charge in [-0.05, 0) is 48.2 Å². The van der Waals surface area contributed by atoms with Crippen LogP contribution in [0.3, 0.4) is 0 Å². The van der Waals surface area contributed by atoms with Gasteiger partial charge >= 0.3 is 0 Å². The van der Waals surface area contributed by atoms with Crippen molar-refractivity contribution in [3.8, 4) is 17.2 Å². The Bertz CT molecular complexity index is 842. The Labute approximate surface area is 189 Å². The van der Waals surface area contributed by atoms with Gasteiger partial charge in [0.1, 0.15) is 5.75 Å². The summed E-state index contributed by atoms with van der Waals surface area (Å²) in [6, 6.07) is 14.5. The Morgan fingerprint density at radius 2 is 1.97 bits per heavy atom. The number of halogens is 1. The number of hydrogen-bond acceptors (Lipinski definition) is 4. The highest BCUT2D eigenvalue weighted by molar-refractivity contribution is 14.0. The molecule has 1 N–H and O–H groups in total. The smallest absolute Gasteiger partial charge is 0.231 e. The molecule has 29 heavy (non-hydrogen) atoms. The lowest BCUT2D eigenvalue weighted by Gasteiger charge is -2.22. The van der Waals surface area contributed by atoms with Gasteiger partial charge in [0.05, 0.1) is 7.11 Å². The summed E-state index contributed by atoms with van der Waals surface area (Å²) in [5, 5.41) is 3.50. The van der Waals surface area contributed by atoms with E-state index in [0.717, 1.165) is 55.7 Å². The molecular weight excluding hydrogens is 481 g/mol. The molecule has 1 atom stereocenters. The zero-order valence-electron chi connectivity index (χ0n) is 16.9. The summed E-state index contributed by atoms with van der Waals surface area (Å²) in [5.74, 6) is 4.06. The molecular formula is C22H28IN3O3. The van der Waals surface area contributed by atoms with Crippen LogP contribution in [0.1, 0.15) is 23.5 Å². The Balaban J connectivity index is 0.00000240. The van der Waals surface area contributed by atoms with Crippen molar-refractivity contribution in [1.29, 1.82) is 0 Å². The van der Waals surface area contributed by atoms with Crippen molar-refractivity contribution in [3.63, 3.8) is 0 Å². The number of guanidine groups is 1. The molecule has 156 valence electrons. The van der Waals surface area contributed by atoms with Crippen molar-refractivity contribution >= 4 is 29.9 Å². The van der Waals surface area contributed by atoms with Gasteiger partial charge in [0.25, 0.3) is 0 Å². The molecule has 0 aromatic heterocycles. The summed E-state index contributed by atoms with van der Waals surface area (Å²) in [6.07, 6.45) is 2.04. The fourth-order valence-corrected chi connectivity index (χ4v) is 3.85. The quantitative estimate of drug-likeness (QED) is 0.379. The third kappa shape index (κ3) is 5.07. The number of fused-ring (bicyclic) bond motifs is 1. The largest absolute Gasteiger partial charge is 0.497 e. The minimum absolute atomic E-state index is 0. The van der Waals surface area contributed by atoms with Gasteiger partial charge in [0.15, 0.2) is 17.5 Å². The molecule has 4 rings (SSSR count). The van der Waals surface area contributed by atoms with E-state index in [0.29, 0.717) is 12.7 Å². The molecule has 2 aromatic carbocycles. The zero-order chi connectivity index (χ0) is 19.3. The van der Waals surface area contributed by atoms with Crippen LogP contribution >= 0.6 is 24.0 Å². The molecule has 2 aliphatic heterocycles. The zero-order valence-corrected chi connectivity index (χ0v) is 19.2. The van der Waals surface area contributed by atoms with Gasteiger partial charge in [-0.25, -0.2) is 0 Å². The van der Waals surface area contributed by atoms with Crippen LogP contribution in [0.2, 0.25) is 0 Å². The summed E-state index contributed by atoms with van der Waals surface area (Å²) in [4.78, 5) is 6.82. The van der Waals surface area contributed by atoms with Crippen molar-refractivity contribution in [2.75, 3.05) is 40.6 Å². The summed E-state index contributed by atoms with van der Waals surface area (Å²) in [6.45, 7) is 3.14. The Morgan fingerprint density at radius 1 is 1.17 bits per heavy atom. The fraction of sp³-hybridized carbons (Fsp3) is 0.409. The van der Waals surface area contributed by atoms with Crippen LogP contribution in [-0.2, 0) is 6.42 Å². The number of benzene rings is 2. The molecule has 0 amide bonds. The fourth-order valence-electron chi connectivity index (χ4n) is 3.85. The molecule has 2 aliphatic rings. The number of nitrogens with one attached hydrogen (secondary N) is 1. The first-order chi connectivity index (χ1) is 13.8. The molecule has 2 heterocycles. The van der Waals surface area contributed by atoms with E-state index in [1.54, 1.807) is 7.11 Å². The second kappa shape index (κ2) is 10.0. The van der Waals surface area contributed by atoms with Crippen molar-refractivity contribution in [1.82, 2.24) is 10.2 Å². The van der Waals surface area contributed by atoms with E-state index in [-0.39, 0.29) is 24.0 Å². The molecule has 0 spiro atoms. The number of ether oxygens (including phenoxy) is 3. The van der Waals surface area contributed by atoms with Crippen LogP contribution in [0.4, 0.5) is 0 Å². The van der Waals surface area contributed by atoms with Gasteiger partial charge in [-0.15, -0.1) is 24.0 Å². The lowest BCUT2D eigenvalue weighted by molar-refractivity contribution is 0.174. The van der Waals surface area contributed by atoms with Gasteiger partial charge in [-0.3, -0.25) is 4.99 Å². The Kier molecular flexibility index (Phi) is 7.46. The van der Waals surface area contributed by atoms with E-state index in [1.807, 2.05) is 25.2 Å². The molecule has 1 unspecified atom stereocenters. The van der Waals surface area contributed by atoms with E-state index in [2.05, 4.69) is 39.5 Å². The molecule has 0 bridgehead atoms. The van der Waals surface area contributed by atoms with Gasteiger partial charge in [-0.1, -0.05) is 18.2 Å². The highest BCUT2D eigenvalue weighted by Crippen LogP contribution is 2.32. The van der Waals surface area contributed by atoms with E-state index < -0.39 is 0 Å². The van der Waals surface area contributed by atoms with E-state index in [4.69, 9.17) is 14.2 Å². The summed E-state index contributed by atoms with van der Waals surface area (Å²) < 4.78 is 16.1. The Morgan fingerprint density at radius 3 is 2.72 bits per heavy atom. The van der Waals surface area contributed by atoms with Crippen LogP contribution in [0.5, 0.6) is 17.2 Å². The average Bonchev–Trinajstić information content (AvgIpc) is 3.40. The molecule has 6 nitrogen and oxygen atoms in total. The SMILES string of the molecule is CN=C(NCCc1ccc2c(c1)OCO2)N1CCC(c2ccc(OC)cc2)C1.I. The van der Waals surface area contributed by atoms with Crippen molar-refractivity contribution < 1.29 is 14.2 Å². The van der Waals surface area contributed by atoms with Gasteiger partial charge in [-0.2, -0.15) is 0 Å². The van der Waals surface area contributed by atoms with Gasteiger partial charge in [0.2, 0.25) is 6.79 Å². The number of nitrogens with zero attached hydrogens (tertiary/aromatic N) is 2. The monoisotopic (exact) mass is 509 g/mol. The highest BCUT2D eigenvalue weighted by Gasteiger charge is 2.26. The molecule has 7 heteroatoms. The predicted molar refractivity (Wildman–Crippen MR) is 125 cm³/mol. The third-order valence-electron chi connectivity index (χ3n) is 5.42. The molecule has 0 radical (unpaired) electrons. The van der Waals surface area contributed by atoms with Crippen LogP contribution in [0.25, 0.3) is 0 Å². The predicted octanol–water partition coefficient (Wildman–Crippen LogP) is 3.65. The van der Waals surface area contributed by atoms with Crippen LogP contribution in [0, 0.1) is 0 Å². The van der Waals surface area contributed by atoms with Crippen LogP contribution < -0.4 is 19.5 Å². The number of aliphatic imine (C=N–C) groups is 1. The lowest BCUT2D eigenvalue weighted by Crippen LogP contribution is -2.40. The number of rotatable bonds is 5. The first-order valence-electron chi connectivity index (χ1n) is 9.75. The standard InChI is InChI=1S/C22H27N3O3.HI/c1-23-22(24-11-9-16-3-8-20-21(13-16)28-15-27-20)25-12-10-18(14-25)17-4-6-19(26-2)7-5-17;/h3-8,13,18H,9-12,14-15H2,1-2H3,(H,23,24);1H. The van der Waals surface area contributed by atoms with Crippen LogP contribution in [0.15, 0.2) is 47.5 Å². The van der Waals surface area contributed by atoms with Crippen molar-refractivity contribution in [2.45, 2.75) is 18.8 Å². The van der Waals surface area contributed by atoms with E-state index >= 15 is 0 Å². The maximum absolute atomic E-state index is 5.45. The summed E-state index contributed by atoms with van der Waals surface area (Å²) in [5.41, 5.74) is 2.59. The second-order valence-electron chi connectivity index (χ2n) is 7.12. The third-order valence-corrected chi connectivity index (χ3v) is 5.42. The highest BCUT2D eigenvalue weighted by atomic mass is 127. The van der Waals surface area contributed by atoms with Crippen LogP contribution in [-0.4, -0.2) is 51.4 Å². The molecule has 1 saturated heterocycles. The number of likely N-dealkylation sites (tertiary alicyclic amines) is 1. The molecule has 1 fully saturated rings. The van der Waals surface area contributed by atoms with Gasteiger partial charge < -0.3 is 24.4 Å². The maximum atomic E-state index is 5.45. The van der Waals surface area contributed by atoms with Crippen molar-refractivity contribution in [2.24, 2.45) is 4.99 Å². The van der Waals surface area contributed by atoms with Gasteiger partial charge in [0, 0.05) is 32.6 Å². The first-order valence-corrected chi connectivity index (χ1v) is 9.75. The number of methoxy groups -OCH3 is 1. The minimum Gasteiger partial charge on any atom is -0.497 e. The average molecular weight is 509 g/mol. The number of hydrogen-bond donors (Lipinski definition) is 1. The Hall–Kier alpha value is -2.16. The minimum atomic E-state index is 0. The second-order valence-corrected chi connectivity index (χ2v) is 7.12. The molecule has 0 saturated carbocycles. The first kappa shape index (κ1) is 21.5. The van der Waals surface area contributed by atoms with Crippen molar-refractivity contribution in [3.05, 3.63) is 53.6 Å². The topological polar surface area (TPSA) is 55.3 Å². The summed E-state index contributed by atoms with van der Waals surface area (Å²) >= 11 is 0. The molecule has 0 aliphatic carbocycles. The van der Waals surface area contributed by atoms with E-state index in [1.165, 1.54) is 11.1 Å². The lowest BCUT2D eigenvalue weighted by atomic mass is 9.98. The normalized spacial score (nSPS) is 17.8. The summed E-state index contributed by atoms with van der Waals surface area (Å²) in [7, 11) is 3.55. The maximum Gasteiger partial charge on any atom is 0.231 e. The van der Waals surface area contributed by atoms with E-state index in [9.17, 15) is 0 Å². The molecule has 2 aromatic rings.